The van der Waals surface area contributed by atoms with E-state index >= 15 is 0 Å². The number of carbonyl (C=O) groups is 1. The molecule has 2 bridgehead atoms. The molecule has 24 heavy (non-hydrogen) atoms. The Hall–Kier alpha value is -1.55. The predicted molar refractivity (Wildman–Crippen MR) is 92.5 cm³/mol. The van der Waals surface area contributed by atoms with Crippen LogP contribution in [0.15, 0.2) is 18.2 Å². The summed E-state index contributed by atoms with van der Waals surface area (Å²) in [4.78, 5) is 14.2. The molecule has 0 amide bonds. The molecule has 0 aromatic heterocycles. The maximum Gasteiger partial charge on any atom is 0.513 e. The summed E-state index contributed by atoms with van der Waals surface area (Å²) < 4.78 is 10.3. The van der Waals surface area contributed by atoms with E-state index in [2.05, 4.69) is 24.1 Å². The van der Waals surface area contributed by atoms with Crippen LogP contribution in [0.4, 0.5) is 4.79 Å². The molecule has 2 aliphatic carbocycles. The van der Waals surface area contributed by atoms with E-state index in [4.69, 9.17) is 9.47 Å². The van der Waals surface area contributed by atoms with Gasteiger partial charge in [-0.15, -0.1) is 0 Å². The number of piperidine rings is 1. The first-order valence-electron chi connectivity index (χ1n) is 9.32. The SMILES string of the molecule is CCOC(=O)Oc1ccc2c(c1)[C@@]13CCCC[C@H]1[C@@H](C2)N(C)CC3. The fourth-order valence-corrected chi connectivity index (χ4v) is 5.48. The molecule has 4 heteroatoms. The van der Waals surface area contributed by atoms with Gasteiger partial charge in [0.1, 0.15) is 5.75 Å². The monoisotopic (exact) mass is 329 g/mol. The molecule has 1 saturated heterocycles. The van der Waals surface area contributed by atoms with Gasteiger partial charge in [0.25, 0.3) is 0 Å². The molecule has 2 fully saturated rings. The van der Waals surface area contributed by atoms with E-state index in [0.717, 1.165) is 12.3 Å². The van der Waals surface area contributed by atoms with Crippen LogP contribution in [0.3, 0.4) is 0 Å². The van der Waals surface area contributed by atoms with Crippen molar-refractivity contribution in [2.45, 2.75) is 56.9 Å². The molecule has 4 rings (SSSR count). The minimum atomic E-state index is -0.604. The Kier molecular flexibility index (Phi) is 4.03. The molecule has 1 saturated carbocycles. The topological polar surface area (TPSA) is 38.8 Å². The zero-order chi connectivity index (χ0) is 16.7. The summed E-state index contributed by atoms with van der Waals surface area (Å²) in [5.74, 6) is 1.37. The van der Waals surface area contributed by atoms with E-state index in [1.165, 1.54) is 49.8 Å². The first-order chi connectivity index (χ1) is 11.6. The fourth-order valence-electron chi connectivity index (χ4n) is 5.48. The zero-order valence-corrected chi connectivity index (χ0v) is 14.7. The van der Waals surface area contributed by atoms with Gasteiger partial charge in [0, 0.05) is 11.5 Å². The molecule has 0 N–H and O–H groups in total. The smallest absolute Gasteiger partial charge is 0.434 e. The largest absolute Gasteiger partial charge is 0.513 e. The lowest BCUT2D eigenvalue weighted by molar-refractivity contribution is 0.00269. The Balaban J connectivity index is 1.72. The summed E-state index contributed by atoms with van der Waals surface area (Å²) in [5.41, 5.74) is 3.18. The second-order valence-corrected chi connectivity index (χ2v) is 7.61. The number of hydrogen-bond acceptors (Lipinski definition) is 4. The van der Waals surface area contributed by atoms with E-state index in [9.17, 15) is 4.79 Å². The standard InChI is InChI=1S/C20H27NO3/c1-3-23-19(22)24-15-8-7-14-12-18-16-6-4-5-9-20(16,17(14)13-15)10-11-21(18)2/h7-8,13,16,18H,3-6,9-12H2,1-2H3/t16-,18+,20+/m0/s1. The molecule has 1 aromatic carbocycles. The van der Waals surface area contributed by atoms with Crippen molar-refractivity contribution in [3.05, 3.63) is 29.3 Å². The third-order valence-corrected chi connectivity index (χ3v) is 6.55. The summed E-state index contributed by atoms with van der Waals surface area (Å²) >= 11 is 0. The molecule has 3 aliphatic rings. The van der Waals surface area contributed by atoms with E-state index in [1.807, 2.05) is 6.07 Å². The normalized spacial score (nSPS) is 31.8. The number of benzene rings is 1. The van der Waals surface area contributed by atoms with Gasteiger partial charge in [-0.3, -0.25) is 0 Å². The quantitative estimate of drug-likeness (QED) is 0.609. The molecule has 4 nitrogen and oxygen atoms in total. The lowest BCUT2D eigenvalue weighted by Crippen LogP contribution is -2.59. The van der Waals surface area contributed by atoms with E-state index < -0.39 is 6.16 Å². The molecular weight excluding hydrogens is 302 g/mol. The number of ether oxygens (including phenoxy) is 2. The highest BCUT2D eigenvalue weighted by Gasteiger charge is 2.53. The molecule has 130 valence electrons. The highest BCUT2D eigenvalue weighted by atomic mass is 16.7. The van der Waals surface area contributed by atoms with Crippen molar-refractivity contribution in [1.82, 2.24) is 4.90 Å². The maximum absolute atomic E-state index is 11.7. The van der Waals surface area contributed by atoms with E-state index in [0.29, 0.717) is 18.4 Å². The Morgan fingerprint density at radius 1 is 1.33 bits per heavy atom. The van der Waals surface area contributed by atoms with Gasteiger partial charge in [0.15, 0.2) is 0 Å². The van der Waals surface area contributed by atoms with Crippen molar-refractivity contribution >= 4 is 6.16 Å². The van der Waals surface area contributed by atoms with Crippen LogP contribution in [0.2, 0.25) is 0 Å². The summed E-state index contributed by atoms with van der Waals surface area (Å²) in [6.45, 7) is 3.30. The number of likely N-dealkylation sites (N-methyl/N-ethyl adjacent to an activating group) is 1. The van der Waals surface area contributed by atoms with Crippen molar-refractivity contribution in [3.63, 3.8) is 0 Å². The summed E-state index contributed by atoms with van der Waals surface area (Å²) in [7, 11) is 2.28. The van der Waals surface area contributed by atoms with Crippen LogP contribution in [0.25, 0.3) is 0 Å². The number of likely N-dealkylation sites (tertiary alicyclic amines) is 1. The first kappa shape index (κ1) is 15.9. The Bertz CT molecular complexity index is 644. The summed E-state index contributed by atoms with van der Waals surface area (Å²) in [6, 6.07) is 6.89. The van der Waals surface area contributed by atoms with E-state index in [-0.39, 0.29) is 5.41 Å². The van der Waals surface area contributed by atoms with Crippen LogP contribution in [0, 0.1) is 5.92 Å². The van der Waals surface area contributed by atoms with Crippen molar-refractivity contribution in [2.24, 2.45) is 5.92 Å². The number of rotatable bonds is 2. The molecule has 1 aromatic rings. The maximum atomic E-state index is 11.7. The van der Waals surface area contributed by atoms with Crippen molar-refractivity contribution in [1.29, 1.82) is 0 Å². The Labute approximate surface area is 144 Å². The van der Waals surface area contributed by atoms with Gasteiger partial charge in [-0.05, 0) is 75.4 Å². The highest BCUT2D eigenvalue weighted by Crippen LogP contribution is 2.55. The molecule has 3 atom stereocenters. The molecule has 0 radical (unpaired) electrons. The van der Waals surface area contributed by atoms with Gasteiger partial charge in [-0.1, -0.05) is 18.9 Å². The van der Waals surface area contributed by atoms with Gasteiger partial charge in [0.2, 0.25) is 0 Å². The first-order valence-corrected chi connectivity index (χ1v) is 9.32. The van der Waals surface area contributed by atoms with Gasteiger partial charge in [-0.2, -0.15) is 0 Å². The molecule has 0 spiro atoms. The number of carbonyl (C=O) groups excluding carboxylic acids is 1. The third kappa shape index (κ3) is 2.43. The molecule has 1 heterocycles. The lowest BCUT2D eigenvalue weighted by Gasteiger charge is -2.58. The van der Waals surface area contributed by atoms with Crippen LogP contribution in [-0.2, 0) is 16.6 Å². The zero-order valence-electron chi connectivity index (χ0n) is 14.7. The van der Waals surface area contributed by atoms with Crippen LogP contribution in [-0.4, -0.2) is 37.3 Å². The summed E-state index contributed by atoms with van der Waals surface area (Å²) in [5, 5.41) is 0. The minimum Gasteiger partial charge on any atom is -0.434 e. The van der Waals surface area contributed by atoms with Crippen LogP contribution < -0.4 is 4.74 Å². The van der Waals surface area contributed by atoms with Gasteiger partial charge < -0.3 is 14.4 Å². The lowest BCUT2D eigenvalue weighted by atomic mass is 9.52. The predicted octanol–water partition coefficient (Wildman–Crippen LogP) is 3.91. The number of hydrogen-bond donors (Lipinski definition) is 0. The average molecular weight is 329 g/mol. The van der Waals surface area contributed by atoms with Crippen LogP contribution in [0.5, 0.6) is 5.75 Å². The van der Waals surface area contributed by atoms with Crippen molar-refractivity contribution < 1.29 is 14.3 Å². The second kappa shape index (κ2) is 6.07. The highest BCUT2D eigenvalue weighted by molar-refractivity contribution is 5.64. The third-order valence-electron chi connectivity index (χ3n) is 6.55. The molecule has 0 unspecified atom stereocenters. The molecule has 1 aliphatic heterocycles. The molecular formula is C20H27NO3. The summed E-state index contributed by atoms with van der Waals surface area (Å²) in [6.07, 6.45) is 7.01. The Morgan fingerprint density at radius 2 is 2.21 bits per heavy atom. The van der Waals surface area contributed by atoms with E-state index in [1.54, 1.807) is 6.92 Å². The Morgan fingerprint density at radius 3 is 3.04 bits per heavy atom. The van der Waals surface area contributed by atoms with Gasteiger partial charge in [0.05, 0.1) is 6.61 Å². The van der Waals surface area contributed by atoms with Crippen LogP contribution in [0.1, 0.15) is 50.2 Å². The van der Waals surface area contributed by atoms with Crippen molar-refractivity contribution in [3.8, 4) is 5.75 Å². The second-order valence-electron chi connectivity index (χ2n) is 7.61. The fraction of sp³-hybridized carbons (Fsp3) is 0.650. The van der Waals surface area contributed by atoms with Gasteiger partial charge >= 0.3 is 6.16 Å². The van der Waals surface area contributed by atoms with Crippen molar-refractivity contribution in [2.75, 3.05) is 20.2 Å². The van der Waals surface area contributed by atoms with Gasteiger partial charge in [-0.25, -0.2) is 4.79 Å². The minimum absolute atomic E-state index is 0.289. The number of fused-ring (bicyclic) bond motifs is 1. The number of nitrogens with zero attached hydrogens (tertiary/aromatic N) is 1. The van der Waals surface area contributed by atoms with Crippen LogP contribution >= 0.6 is 0 Å². The average Bonchev–Trinajstić information content (AvgIpc) is 2.59.